The van der Waals surface area contributed by atoms with Crippen molar-refractivity contribution >= 4 is 44.2 Å². The molecule has 0 aliphatic carbocycles. The van der Waals surface area contributed by atoms with E-state index in [2.05, 4.69) is 20.3 Å². The molecule has 5 rings (SSSR count). The number of fused-ring (bicyclic) bond motifs is 2. The lowest BCUT2D eigenvalue weighted by Crippen LogP contribution is -2.10. The molecule has 3 heterocycles. The minimum atomic E-state index is -0.375. The SMILES string of the molecule is O=C(Nc1ccc2[nH]c(=O)[nH]c2c1)c1ccc(-c2nc3ccccc3s2)o1. The number of nitrogens with one attached hydrogen (secondary N) is 3. The lowest BCUT2D eigenvalue weighted by molar-refractivity contribution is 0.0997. The van der Waals surface area contributed by atoms with Crippen molar-refractivity contribution in [1.29, 1.82) is 0 Å². The normalized spacial score (nSPS) is 11.3. The number of H-pyrrole nitrogens is 2. The maximum Gasteiger partial charge on any atom is 0.323 e. The highest BCUT2D eigenvalue weighted by molar-refractivity contribution is 7.21. The number of hydrogen-bond acceptors (Lipinski definition) is 5. The summed E-state index contributed by atoms with van der Waals surface area (Å²) < 4.78 is 6.76. The first-order valence-corrected chi connectivity index (χ1v) is 8.96. The lowest BCUT2D eigenvalue weighted by atomic mass is 10.2. The Balaban J connectivity index is 1.40. The Morgan fingerprint density at radius 2 is 1.89 bits per heavy atom. The first-order chi connectivity index (χ1) is 13.2. The van der Waals surface area contributed by atoms with E-state index in [0.717, 1.165) is 15.2 Å². The number of aromatic nitrogens is 3. The number of benzene rings is 2. The van der Waals surface area contributed by atoms with Gasteiger partial charge in [-0.3, -0.25) is 4.79 Å². The Labute approximate surface area is 155 Å². The summed E-state index contributed by atoms with van der Waals surface area (Å²) in [4.78, 5) is 33.6. The molecule has 2 aromatic carbocycles. The zero-order chi connectivity index (χ0) is 18.4. The van der Waals surface area contributed by atoms with Crippen LogP contribution in [0.2, 0.25) is 0 Å². The molecular formula is C19H12N4O3S. The van der Waals surface area contributed by atoms with Crippen LogP contribution in [0.3, 0.4) is 0 Å². The van der Waals surface area contributed by atoms with Gasteiger partial charge >= 0.3 is 5.69 Å². The summed E-state index contributed by atoms with van der Waals surface area (Å²) in [6.07, 6.45) is 0. The zero-order valence-corrected chi connectivity index (χ0v) is 14.6. The summed E-state index contributed by atoms with van der Waals surface area (Å²) in [5.41, 5.74) is 2.45. The van der Waals surface area contributed by atoms with E-state index in [9.17, 15) is 9.59 Å². The molecule has 3 N–H and O–H groups in total. The van der Waals surface area contributed by atoms with Crippen molar-refractivity contribution in [3.05, 3.63) is 70.8 Å². The molecule has 3 aromatic heterocycles. The Kier molecular flexibility index (Phi) is 3.44. The average Bonchev–Trinajstić information content (AvgIpc) is 3.37. The Hall–Kier alpha value is -3.65. The van der Waals surface area contributed by atoms with E-state index in [-0.39, 0.29) is 17.4 Å². The third-order valence-corrected chi connectivity index (χ3v) is 5.16. The van der Waals surface area contributed by atoms with Gasteiger partial charge in [0.05, 0.1) is 21.3 Å². The largest absolute Gasteiger partial charge is 0.448 e. The van der Waals surface area contributed by atoms with E-state index in [1.807, 2.05) is 24.3 Å². The monoisotopic (exact) mass is 376 g/mol. The molecule has 0 aliphatic heterocycles. The number of carbonyl (C=O) groups is 1. The fourth-order valence-electron chi connectivity index (χ4n) is 2.86. The molecule has 27 heavy (non-hydrogen) atoms. The van der Waals surface area contributed by atoms with Crippen molar-refractivity contribution in [1.82, 2.24) is 15.0 Å². The second-order valence-corrected chi connectivity index (χ2v) is 6.97. The third-order valence-electron chi connectivity index (χ3n) is 4.11. The number of imidazole rings is 1. The van der Waals surface area contributed by atoms with Gasteiger partial charge in [0.2, 0.25) is 0 Å². The number of thiazole rings is 1. The number of carbonyl (C=O) groups excluding carboxylic acids is 1. The van der Waals surface area contributed by atoms with Gasteiger partial charge in [-0.25, -0.2) is 9.78 Å². The Morgan fingerprint density at radius 1 is 1.04 bits per heavy atom. The van der Waals surface area contributed by atoms with Gasteiger partial charge < -0.3 is 19.7 Å². The van der Waals surface area contributed by atoms with Crippen LogP contribution in [0.1, 0.15) is 10.6 Å². The third kappa shape index (κ3) is 2.81. The zero-order valence-electron chi connectivity index (χ0n) is 13.8. The summed E-state index contributed by atoms with van der Waals surface area (Å²) in [7, 11) is 0. The van der Waals surface area contributed by atoms with E-state index < -0.39 is 0 Å². The number of hydrogen-bond donors (Lipinski definition) is 3. The molecule has 0 spiro atoms. The summed E-state index contributed by atoms with van der Waals surface area (Å²) in [5, 5.41) is 3.49. The van der Waals surface area contributed by atoms with Crippen LogP contribution in [0.15, 0.2) is 63.8 Å². The topological polar surface area (TPSA) is 104 Å². The number of nitrogens with zero attached hydrogens (tertiary/aromatic N) is 1. The second kappa shape index (κ2) is 5.96. The van der Waals surface area contributed by atoms with Crippen molar-refractivity contribution in [3.8, 4) is 10.8 Å². The summed E-state index contributed by atoms with van der Waals surface area (Å²) in [5.74, 6) is 0.360. The molecular weight excluding hydrogens is 364 g/mol. The summed E-state index contributed by atoms with van der Waals surface area (Å²) in [6.45, 7) is 0. The van der Waals surface area contributed by atoms with Crippen molar-refractivity contribution in [2.24, 2.45) is 0 Å². The molecule has 5 aromatic rings. The first-order valence-electron chi connectivity index (χ1n) is 8.15. The van der Waals surface area contributed by atoms with Crippen LogP contribution >= 0.6 is 11.3 Å². The minimum Gasteiger partial charge on any atom is -0.448 e. The van der Waals surface area contributed by atoms with Crippen molar-refractivity contribution in [2.75, 3.05) is 5.32 Å². The number of rotatable bonds is 3. The van der Waals surface area contributed by atoms with E-state index in [1.165, 1.54) is 11.3 Å². The fourth-order valence-corrected chi connectivity index (χ4v) is 3.78. The number of amides is 1. The highest BCUT2D eigenvalue weighted by atomic mass is 32.1. The van der Waals surface area contributed by atoms with Crippen LogP contribution in [-0.4, -0.2) is 20.9 Å². The maximum atomic E-state index is 12.5. The highest BCUT2D eigenvalue weighted by Crippen LogP contribution is 2.31. The predicted octanol–water partition coefficient (Wildman–Crippen LogP) is 3.98. The van der Waals surface area contributed by atoms with Crippen LogP contribution in [0, 0.1) is 0 Å². The molecule has 0 aliphatic rings. The number of para-hydroxylation sites is 1. The van der Waals surface area contributed by atoms with Gasteiger partial charge in [0.25, 0.3) is 5.91 Å². The predicted molar refractivity (Wildman–Crippen MR) is 104 cm³/mol. The number of aromatic amines is 2. The van der Waals surface area contributed by atoms with E-state index in [1.54, 1.807) is 30.3 Å². The lowest BCUT2D eigenvalue weighted by Gasteiger charge is -2.02. The van der Waals surface area contributed by atoms with Gasteiger partial charge in [-0.05, 0) is 42.5 Å². The van der Waals surface area contributed by atoms with E-state index in [4.69, 9.17) is 4.42 Å². The fraction of sp³-hybridized carbons (Fsp3) is 0. The smallest absolute Gasteiger partial charge is 0.323 e. The van der Waals surface area contributed by atoms with Crippen molar-refractivity contribution < 1.29 is 9.21 Å². The van der Waals surface area contributed by atoms with Crippen LogP contribution in [0.5, 0.6) is 0 Å². The molecule has 0 fully saturated rings. The summed E-state index contributed by atoms with van der Waals surface area (Å²) >= 11 is 1.51. The minimum absolute atomic E-state index is 0.187. The van der Waals surface area contributed by atoms with Crippen LogP contribution in [-0.2, 0) is 0 Å². The molecule has 0 unspecified atom stereocenters. The molecule has 8 heteroatoms. The molecule has 0 saturated carbocycles. The first kappa shape index (κ1) is 15.6. The molecule has 1 amide bonds. The van der Waals surface area contributed by atoms with Gasteiger partial charge in [0, 0.05) is 5.69 Å². The van der Waals surface area contributed by atoms with Crippen LogP contribution in [0.25, 0.3) is 32.0 Å². The average molecular weight is 376 g/mol. The second-order valence-electron chi connectivity index (χ2n) is 5.94. The summed E-state index contributed by atoms with van der Waals surface area (Å²) in [6, 6.07) is 16.3. The maximum absolute atomic E-state index is 12.5. The Bertz CT molecular complexity index is 1330. The molecule has 0 saturated heterocycles. The van der Waals surface area contributed by atoms with Gasteiger partial charge in [0.15, 0.2) is 16.5 Å². The van der Waals surface area contributed by atoms with Crippen molar-refractivity contribution in [2.45, 2.75) is 0 Å². The van der Waals surface area contributed by atoms with Gasteiger partial charge in [-0.15, -0.1) is 11.3 Å². The number of anilines is 1. The molecule has 0 atom stereocenters. The molecule has 0 bridgehead atoms. The van der Waals surface area contributed by atoms with Gasteiger partial charge in [-0.2, -0.15) is 0 Å². The van der Waals surface area contributed by atoms with Gasteiger partial charge in [-0.1, -0.05) is 12.1 Å². The Morgan fingerprint density at radius 3 is 2.78 bits per heavy atom. The van der Waals surface area contributed by atoms with Gasteiger partial charge in [0.1, 0.15) is 0 Å². The number of furan rings is 1. The molecule has 132 valence electrons. The van der Waals surface area contributed by atoms with Crippen molar-refractivity contribution in [3.63, 3.8) is 0 Å². The van der Waals surface area contributed by atoms with Crippen LogP contribution in [0.4, 0.5) is 5.69 Å². The van der Waals surface area contributed by atoms with Crippen LogP contribution < -0.4 is 11.0 Å². The highest BCUT2D eigenvalue weighted by Gasteiger charge is 2.15. The van der Waals surface area contributed by atoms with E-state index >= 15 is 0 Å². The molecule has 0 radical (unpaired) electrons. The quantitative estimate of drug-likeness (QED) is 0.443. The van der Waals surface area contributed by atoms with E-state index in [0.29, 0.717) is 22.5 Å². The standard InChI is InChI=1S/C19H12N4O3S/c24-17(20-10-5-6-11-13(9-10)23-19(25)22-11)14-7-8-15(26-14)18-21-12-3-1-2-4-16(12)27-18/h1-9H,(H,20,24)(H2,22,23,25). The molecule has 7 nitrogen and oxygen atoms in total.